The van der Waals surface area contributed by atoms with E-state index >= 15 is 0 Å². The van der Waals surface area contributed by atoms with E-state index in [1.807, 2.05) is 23.5 Å². The van der Waals surface area contributed by atoms with E-state index in [1.54, 1.807) is 0 Å². The summed E-state index contributed by atoms with van der Waals surface area (Å²) < 4.78 is 0. The number of nitrogens with one attached hydrogen (secondary N) is 1. The minimum absolute atomic E-state index is 0.188. The van der Waals surface area contributed by atoms with E-state index in [0.29, 0.717) is 0 Å². The fraction of sp³-hybridized carbons (Fsp3) is 0.200. The first-order chi connectivity index (χ1) is 21.4. The SMILES string of the molecule is Cc1cc2c(cc1C)Sc1ccc3ccccc3c1CC1(Cc3c(ccc4ccccc34)C3Sc4cc(C)c(C)cc4N31)N2. The summed E-state index contributed by atoms with van der Waals surface area (Å²) in [5.74, 6) is 0. The van der Waals surface area contributed by atoms with Crippen molar-refractivity contribution in [2.45, 2.75) is 66.3 Å². The molecule has 44 heavy (non-hydrogen) atoms. The van der Waals surface area contributed by atoms with Crippen LogP contribution in [0.3, 0.4) is 0 Å². The van der Waals surface area contributed by atoms with Gasteiger partial charge in [0.2, 0.25) is 0 Å². The first kappa shape index (κ1) is 26.5. The lowest BCUT2D eigenvalue weighted by atomic mass is 9.80. The van der Waals surface area contributed by atoms with Gasteiger partial charge in [-0.05, 0) is 119 Å². The van der Waals surface area contributed by atoms with Gasteiger partial charge in [0.25, 0.3) is 0 Å². The third kappa shape index (κ3) is 3.83. The largest absolute Gasteiger partial charge is 0.361 e. The lowest BCUT2D eigenvalue weighted by Crippen LogP contribution is -2.60. The fourth-order valence-electron chi connectivity index (χ4n) is 7.70. The van der Waals surface area contributed by atoms with Crippen molar-refractivity contribution in [2.75, 3.05) is 10.2 Å². The number of fused-ring (bicyclic) bond motifs is 12. The van der Waals surface area contributed by atoms with Crippen LogP contribution in [0.25, 0.3) is 21.5 Å². The number of rotatable bonds is 0. The van der Waals surface area contributed by atoms with Crippen LogP contribution in [0.5, 0.6) is 0 Å². The van der Waals surface area contributed by atoms with Crippen molar-refractivity contribution >= 4 is 56.4 Å². The van der Waals surface area contributed by atoms with Gasteiger partial charge < -0.3 is 10.2 Å². The van der Waals surface area contributed by atoms with E-state index in [9.17, 15) is 0 Å². The molecule has 3 heterocycles. The van der Waals surface area contributed by atoms with Gasteiger partial charge in [-0.25, -0.2) is 0 Å². The van der Waals surface area contributed by atoms with Crippen LogP contribution in [0.2, 0.25) is 0 Å². The Morgan fingerprint density at radius 2 is 1.25 bits per heavy atom. The zero-order chi connectivity index (χ0) is 29.7. The zero-order valence-electron chi connectivity index (χ0n) is 25.5. The molecule has 1 N–H and O–H groups in total. The average molecular weight is 607 g/mol. The lowest BCUT2D eigenvalue weighted by molar-refractivity contribution is 0.402. The molecular weight excluding hydrogens is 573 g/mol. The van der Waals surface area contributed by atoms with Crippen LogP contribution in [0.4, 0.5) is 11.4 Å². The van der Waals surface area contributed by atoms with Gasteiger partial charge in [0.1, 0.15) is 11.0 Å². The van der Waals surface area contributed by atoms with Crippen molar-refractivity contribution in [3.8, 4) is 0 Å². The molecule has 2 unspecified atom stereocenters. The standard InChI is InChI=1S/C40H34N2S2/c1-23-17-34-37(19-25(23)3)43-36-16-14-28-10-6-8-12-30(28)33(36)22-40(41-34)21-32-29-11-7-5-9-27(29)13-15-31(32)39-42(40)35-18-24(2)26(4)20-38(35)44-39/h5-20,39,41H,21-22H2,1-4H3. The highest BCUT2D eigenvalue weighted by atomic mass is 32.2. The molecule has 2 atom stereocenters. The number of aryl methyl sites for hydroxylation is 4. The van der Waals surface area contributed by atoms with E-state index in [4.69, 9.17) is 0 Å². The molecule has 9 rings (SSSR count). The molecular formula is C40H34N2S2. The normalized spacial score (nSPS) is 19.9. The summed E-state index contributed by atoms with van der Waals surface area (Å²) >= 11 is 3.95. The summed E-state index contributed by atoms with van der Waals surface area (Å²) in [4.78, 5) is 6.82. The quantitative estimate of drug-likeness (QED) is 0.185. The molecule has 3 aliphatic heterocycles. The van der Waals surface area contributed by atoms with Gasteiger partial charge >= 0.3 is 0 Å². The highest BCUT2D eigenvalue weighted by molar-refractivity contribution is 8.00. The van der Waals surface area contributed by atoms with Crippen LogP contribution in [0.1, 0.15) is 44.3 Å². The molecule has 0 fully saturated rings. The molecule has 6 aromatic carbocycles. The van der Waals surface area contributed by atoms with Crippen LogP contribution in [0.15, 0.2) is 112 Å². The molecule has 0 saturated carbocycles. The highest BCUT2D eigenvalue weighted by Crippen LogP contribution is 2.60. The average Bonchev–Trinajstić information content (AvgIpc) is 3.39. The molecule has 0 aromatic heterocycles. The summed E-state index contributed by atoms with van der Waals surface area (Å²) in [6.07, 6.45) is 1.81. The van der Waals surface area contributed by atoms with E-state index in [0.717, 1.165) is 12.8 Å². The van der Waals surface area contributed by atoms with Crippen molar-refractivity contribution in [1.82, 2.24) is 0 Å². The second-order valence-electron chi connectivity index (χ2n) is 12.9. The Morgan fingerprint density at radius 3 is 2.02 bits per heavy atom. The second kappa shape index (κ2) is 9.57. The molecule has 1 spiro atoms. The Kier molecular flexibility index (Phi) is 5.77. The Morgan fingerprint density at radius 1 is 0.636 bits per heavy atom. The summed E-state index contributed by atoms with van der Waals surface area (Å²) in [6.45, 7) is 9.00. The van der Waals surface area contributed by atoms with E-state index in [2.05, 4.69) is 135 Å². The molecule has 3 aliphatic rings. The number of hydrogen-bond acceptors (Lipinski definition) is 4. The van der Waals surface area contributed by atoms with Crippen LogP contribution >= 0.6 is 23.5 Å². The fourth-order valence-corrected chi connectivity index (χ4v) is 10.4. The number of hydrogen-bond donors (Lipinski definition) is 1. The van der Waals surface area contributed by atoms with Crippen molar-refractivity contribution in [3.63, 3.8) is 0 Å². The highest BCUT2D eigenvalue weighted by Gasteiger charge is 2.51. The van der Waals surface area contributed by atoms with Crippen LogP contribution in [-0.4, -0.2) is 5.66 Å². The van der Waals surface area contributed by atoms with Gasteiger partial charge in [-0.1, -0.05) is 90.3 Å². The summed E-state index contributed by atoms with van der Waals surface area (Å²) in [6, 6.07) is 37.0. The maximum Gasteiger partial charge on any atom is 0.120 e. The smallest absolute Gasteiger partial charge is 0.120 e. The molecule has 0 radical (unpaired) electrons. The van der Waals surface area contributed by atoms with Gasteiger partial charge in [-0.3, -0.25) is 0 Å². The Balaban J connectivity index is 1.38. The Hall–Kier alpha value is -3.86. The number of benzene rings is 6. The van der Waals surface area contributed by atoms with Crippen molar-refractivity contribution in [2.24, 2.45) is 0 Å². The molecule has 0 amide bonds. The second-order valence-corrected chi connectivity index (χ2v) is 15.1. The van der Waals surface area contributed by atoms with Gasteiger partial charge in [0, 0.05) is 27.5 Å². The first-order valence-corrected chi connectivity index (χ1v) is 17.2. The number of nitrogens with zero attached hydrogens (tertiary/aromatic N) is 1. The number of thioether (sulfide) groups is 1. The topological polar surface area (TPSA) is 15.3 Å². The zero-order valence-corrected chi connectivity index (χ0v) is 27.1. The predicted molar refractivity (Wildman–Crippen MR) is 189 cm³/mol. The lowest BCUT2D eigenvalue weighted by Gasteiger charge is -2.52. The van der Waals surface area contributed by atoms with E-state index in [1.165, 1.54) is 86.6 Å². The Labute approximate surface area is 267 Å². The van der Waals surface area contributed by atoms with Crippen molar-refractivity contribution in [3.05, 3.63) is 136 Å². The monoisotopic (exact) mass is 606 g/mol. The number of anilines is 2. The van der Waals surface area contributed by atoms with Gasteiger partial charge in [-0.2, -0.15) is 0 Å². The van der Waals surface area contributed by atoms with Crippen LogP contribution < -0.4 is 10.2 Å². The molecule has 0 bridgehead atoms. The minimum Gasteiger partial charge on any atom is -0.361 e. The summed E-state index contributed by atoms with van der Waals surface area (Å²) in [5, 5.41) is 9.89. The van der Waals surface area contributed by atoms with E-state index in [-0.39, 0.29) is 11.0 Å². The molecule has 4 heteroatoms. The third-order valence-corrected chi connectivity index (χ3v) is 12.7. The first-order valence-electron chi connectivity index (χ1n) is 15.5. The molecule has 0 saturated heterocycles. The van der Waals surface area contributed by atoms with Crippen molar-refractivity contribution in [1.29, 1.82) is 0 Å². The minimum atomic E-state index is -0.377. The van der Waals surface area contributed by atoms with Crippen LogP contribution in [-0.2, 0) is 12.8 Å². The molecule has 216 valence electrons. The van der Waals surface area contributed by atoms with Gasteiger partial charge in [0.05, 0.1) is 11.4 Å². The van der Waals surface area contributed by atoms with E-state index < -0.39 is 0 Å². The summed E-state index contributed by atoms with van der Waals surface area (Å²) in [7, 11) is 0. The molecule has 2 nitrogen and oxygen atoms in total. The van der Waals surface area contributed by atoms with Gasteiger partial charge in [-0.15, -0.1) is 0 Å². The van der Waals surface area contributed by atoms with Gasteiger partial charge in [0.15, 0.2) is 0 Å². The summed E-state index contributed by atoms with van der Waals surface area (Å²) in [5.41, 5.74) is 12.0. The molecule has 6 aromatic rings. The maximum absolute atomic E-state index is 4.33. The van der Waals surface area contributed by atoms with Crippen molar-refractivity contribution < 1.29 is 0 Å². The Bertz CT molecular complexity index is 2180. The maximum atomic E-state index is 4.33. The molecule has 0 aliphatic carbocycles. The predicted octanol–water partition coefficient (Wildman–Crippen LogP) is 10.9. The van der Waals surface area contributed by atoms with Crippen LogP contribution in [0, 0.1) is 27.7 Å². The third-order valence-electron chi connectivity index (χ3n) is 10.2.